The van der Waals surface area contributed by atoms with Crippen molar-refractivity contribution in [3.05, 3.63) is 0 Å². The van der Waals surface area contributed by atoms with E-state index in [1.165, 1.54) is 7.11 Å². The van der Waals surface area contributed by atoms with Crippen molar-refractivity contribution < 1.29 is 19.7 Å². The first-order chi connectivity index (χ1) is 4.77. The summed E-state index contributed by atoms with van der Waals surface area (Å²) in [5, 5.41) is 17.7. The van der Waals surface area contributed by atoms with Crippen molar-refractivity contribution in [3.8, 4) is 0 Å². The maximum atomic E-state index is 9.13. The molecule has 2 N–H and O–H groups in total. The number of methoxy groups -OCH3 is 1. The van der Waals surface area contributed by atoms with Crippen LogP contribution in [0.1, 0.15) is 6.42 Å². The molecule has 1 aliphatic rings. The molecule has 10 heavy (non-hydrogen) atoms. The molecule has 0 radical (unpaired) electrons. The smallest absolute Gasteiger partial charge is 0.160 e. The quantitative estimate of drug-likeness (QED) is 0.533. The first-order valence-electron chi connectivity index (χ1n) is 3.25. The zero-order valence-electron chi connectivity index (χ0n) is 5.86. The number of aliphatic hydroxyl groups excluding tert-OH is 2. The second-order valence-corrected chi connectivity index (χ2v) is 2.33. The van der Waals surface area contributed by atoms with E-state index in [1.807, 2.05) is 0 Å². The Balaban J connectivity index is 2.36. The number of rotatable bonds is 2. The van der Waals surface area contributed by atoms with E-state index < -0.39 is 12.2 Å². The average Bonchev–Trinajstić information content (AvgIpc) is 2.30. The van der Waals surface area contributed by atoms with Crippen LogP contribution in [0.5, 0.6) is 0 Å². The molecule has 3 atom stereocenters. The molecule has 0 saturated carbocycles. The average molecular weight is 148 g/mol. The Morgan fingerprint density at radius 2 is 2.40 bits per heavy atom. The van der Waals surface area contributed by atoms with Gasteiger partial charge >= 0.3 is 0 Å². The fourth-order valence-electron chi connectivity index (χ4n) is 1.01. The third-order valence-electron chi connectivity index (χ3n) is 1.63. The van der Waals surface area contributed by atoms with Crippen molar-refractivity contribution in [3.63, 3.8) is 0 Å². The number of hydrogen-bond acceptors (Lipinski definition) is 4. The summed E-state index contributed by atoms with van der Waals surface area (Å²) in [6.07, 6.45) is -0.964. The molecule has 4 heteroatoms. The highest BCUT2D eigenvalue weighted by molar-refractivity contribution is 4.76. The van der Waals surface area contributed by atoms with Crippen LogP contribution < -0.4 is 0 Å². The highest BCUT2D eigenvalue weighted by Gasteiger charge is 2.32. The number of hydrogen-bond donors (Lipinski definition) is 2. The van der Waals surface area contributed by atoms with Gasteiger partial charge in [-0.15, -0.1) is 0 Å². The van der Waals surface area contributed by atoms with E-state index in [0.717, 1.165) is 0 Å². The topological polar surface area (TPSA) is 58.9 Å². The van der Waals surface area contributed by atoms with Crippen LogP contribution >= 0.6 is 0 Å². The highest BCUT2D eigenvalue weighted by atomic mass is 16.7. The van der Waals surface area contributed by atoms with Crippen molar-refractivity contribution >= 4 is 0 Å². The molecule has 0 bridgehead atoms. The highest BCUT2D eigenvalue weighted by Crippen LogP contribution is 2.19. The minimum Gasteiger partial charge on any atom is -0.394 e. The van der Waals surface area contributed by atoms with Gasteiger partial charge in [0.05, 0.1) is 12.7 Å². The van der Waals surface area contributed by atoms with Gasteiger partial charge in [0.2, 0.25) is 0 Å². The lowest BCUT2D eigenvalue weighted by molar-refractivity contribution is -0.127. The summed E-state index contributed by atoms with van der Waals surface area (Å²) in [5.41, 5.74) is 0. The molecule has 4 nitrogen and oxygen atoms in total. The van der Waals surface area contributed by atoms with Gasteiger partial charge in [-0.05, 0) is 0 Å². The van der Waals surface area contributed by atoms with Crippen molar-refractivity contribution in [1.82, 2.24) is 0 Å². The summed E-state index contributed by atoms with van der Waals surface area (Å²) in [5.74, 6) is 0. The molecule has 0 aromatic heterocycles. The number of ether oxygens (including phenoxy) is 2. The zero-order valence-corrected chi connectivity index (χ0v) is 5.86. The summed E-state index contributed by atoms with van der Waals surface area (Å²) in [4.78, 5) is 0. The Kier molecular flexibility index (Phi) is 2.62. The second kappa shape index (κ2) is 3.30. The lowest BCUT2D eigenvalue weighted by Gasteiger charge is -2.09. The minimum absolute atomic E-state index is 0.152. The van der Waals surface area contributed by atoms with Gasteiger partial charge in [-0.25, -0.2) is 0 Å². The molecular formula is C6H12O4. The van der Waals surface area contributed by atoms with E-state index >= 15 is 0 Å². The predicted molar refractivity (Wildman–Crippen MR) is 33.4 cm³/mol. The summed E-state index contributed by atoms with van der Waals surface area (Å²) >= 11 is 0. The monoisotopic (exact) mass is 148 g/mol. The normalized spacial score (nSPS) is 40.5. The van der Waals surface area contributed by atoms with Crippen LogP contribution in [-0.4, -0.2) is 42.4 Å². The van der Waals surface area contributed by atoms with Gasteiger partial charge in [0.1, 0.15) is 6.10 Å². The van der Waals surface area contributed by atoms with E-state index in [1.54, 1.807) is 0 Å². The molecule has 0 unspecified atom stereocenters. The predicted octanol–water partition coefficient (Wildman–Crippen LogP) is -0.899. The SMILES string of the molecule is CO[C@@H]1C[C@H](O)[C@H](CO)O1. The van der Waals surface area contributed by atoms with E-state index in [2.05, 4.69) is 0 Å². The molecule has 1 rings (SSSR count). The van der Waals surface area contributed by atoms with Gasteiger partial charge < -0.3 is 19.7 Å². The summed E-state index contributed by atoms with van der Waals surface area (Å²) in [6, 6.07) is 0. The van der Waals surface area contributed by atoms with Crippen molar-refractivity contribution in [2.45, 2.75) is 24.9 Å². The molecule has 60 valence electrons. The molecule has 0 aromatic carbocycles. The van der Waals surface area contributed by atoms with E-state index in [0.29, 0.717) is 6.42 Å². The molecule has 1 saturated heterocycles. The van der Waals surface area contributed by atoms with Gasteiger partial charge in [0.25, 0.3) is 0 Å². The van der Waals surface area contributed by atoms with Gasteiger partial charge in [-0.1, -0.05) is 0 Å². The molecule has 0 aromatic rings. The summed E-state index contributed by atoms with van der Waals surface area (Å²) in [6.45, 7) is -0.152. The third-order valence-corrected chi connectivity index (χ3v) is 1.63. The summed E-state index contributed by atoms with van der Waals surface area (Å²) < 4.78 is 9.87. The Morgan fingerprint density at radius 3 is 2.70 bits per heavy atom. The Bertz CT molecular complexity index is 106. The maximum Gasteiger partial charge on any atom is 0.160 e. The zero-order chi connectivity index (χ0) is 7.56. The second-order valence-electron chi connectivity index (χ2n) is 2.33. The van der Waals surface area contributed by atoms with Gasteiger partial charge in [0, 0.05) is 13.5 Å². The fourth-order valence-corrected chi connectivity index (χ4v) is 1.01. The van der Waals surface area contributed by atoms with Crippen LogP contribution in [0.15, 0.2) is 0 Å². The molecule has 1 aliphatic heterocycles. The first-order valence-corrected chi connectivity index (χ1v) is 3.25. The summed E-state index contributed by atoms with van der Waals surface area (Å²) in [7, 11) is 1.51. The van der Waals surface area contributed by atoms with Gasteiger partial charge in [0.15, 0.2) is 6.29 Å². The molecule has 0 amide bonds. The Labute approximate surface area is 59.4 Å². The first kappa shape index (κ1) is 7.94. The minimum atomic E-state index is -0.588. The molecule has 1 fully saturated rings. The van der Waals surface area contributed by atoms with E-state index in [4.69, 9.17) is 19.7 Å². The molecule has 1 heterocycles. The van der Waals surface area contributed by atoms with Crippen LogP contribution in [0.3, 0.4) is 0 Å². The number of aliphatic hydroxyl groups is 2. The third kappa shape index (κ3) is 1.46. The van der Waals surface area contributed by atoms with E-state index in [-0.39, 0.29) is 12.9 Å². The molecular weight excluding hydrogens is 136 g/mol. The fraction of sp³-hybridized carbons (Fsp3) is 1.00. The van der Waals surface area contributed by atoms with Crippen LogP contribution in [0, 0.1) is 0 Å². The van der Waals surface area contributed by atoms with Gasteiger partial charge in [-0.2, -0.15) is 0 Å². The molecule has 0 aliphatic carbocycles. The molecule has 0 spiro atoms. The lowest BCUT2D eigenvalue weighted by atomic mass is 10.2. The van der Waals surface area contributed by atoms with Crippen molar-refractivity contribution in [2.24, 2.45) is 0 Å². The Morgan fingerprint density at radius 1 is 1.70 bits per heavy atom. The lowest BCUT2D eigenvalue weighted by Crippen LogP contribution is -2.24. The van der Waals surface area contributed by atoms with E-state index in [9.17, 15) is 0 Å². The van der Waals surface area contributed by atoms with Crippen LogP contribution in [-0.2, 0) is 9.47 Å². The maximum absolute atomic E-state index is 9.13. The Hall–Kier alpha value is -0.160. The largest absolute Gasteiger partial charge is 0.394 e. The standard InChI is InChI=1S/C6H12O4/c1-9-6-2-4(8)5(3-7)10-6/h4-8H,2-3H2,1H3/t4-,5-,6-/m0/s1. The van der Waals surface area contributed by atoms with Crippen LogP contribution in [0.25, 0.3) is 0 Å². The van der Waals surface area contributed by atoms with Crippen LogP contribution in [0.2, 0.25) is 0 Å². The van der Waals surface area contributed by atoms with Gasteiger partial charge in [-0.3, -0.25) is 0 Å². The van der Waals surface area contributed by atoms with Crippen molar-refractivity contribution in [1.29, 1.82) is 0 Å². The van der Waals surface area contributed by atoms with Crippen molar-refractivity contribution in [2.75, 3.05) is 13.7 Å². The van der Waals surface area contributed by atoms with Crippen LogP contribution in [0.4, 0.5) is 0 Å².